The number of nitrogens with zero attached hydrogens (tertiary/aromatic N) is 6. The number of rotatable bonds is 16. The fourth-order valence-electron chi connectivity index (χ4n) is 9.20. The molecule has 0 N–H and O–H groups in total. The first-order valence-electron chi connectivity index (χ1n) is 27.6. The van der Waals surface area contributed by atoms with Gasteiger partial charge < -0.3 is 79.3 Å². The van der Waals surface area contributed by atoms with E-state index in [0.717, 1.165) is 49.4 Å². The van der Waals surface area contributed by atoms with Gasteiger partial charge in [-0.1, -0.05) is 130 Å². The third-order valence-electron chi connectivity index (χ3n) is 13.2. The van der Waals surface area contributed by atoms with Crippen molar-refractivity contribution in [1.29, 1.82) is 0 Å². The first-order chi connectivity index (χ1) is 37.5. The predicted octanol–water partition coefficient (Wildman–Crippen LogP) is 8.79. The SMILES string of the molecule is Cc1ccc(N(c2ccc(C)cc2)c2ccc(C[N+](C)(C)C)cc2)cc1.Cc1ccc(N(c2ccc(C)cc2)c2ccc(OC[N+](C)(C)C)cc2)cc1.Cc1ccc(N(c2ccccc2)c2ccc(C)cc2C[N+](C)(C)C)cc1.[Br-].[Br-].[Br-]. The Bertz CT molecular complexity index is 3210. The summed E-state index contributed by atoms with van der Waals surface area (Å²) < 4.78 is 8.49. The zero-order valence-corrected chi connectivity index (χ0v) is 55.9. The van der Waals surface area contributed by atoms with Crippen molar-refractivity contribution in [2.75, 3.05) is 84.9 Å². The fraction of sp³-hybridized carbons (Fsp3) is 0.250. The van der Waals surface area contributed by atoms with Crippen LogP contribution in [0, 0.1) is 41.5 Å². The lowest BCUT2D eigenvalue weighted by Gasteiger charge is -2.31. The average Bonchev–Trinajstić information content (AvgIpc) is 3.42. The molecule has 10 heteroatoms. The number of aryl methyl sites for hydroxylation is 6. The third kappa shape index (κ3) is 20.7. The number of hydrogen-bond donors (Lipinski definition) is 0. The Balaban J connectivity index is 0.000000260. The van der Waals surface area contributed by atoms with Gasteiger partial charge in [0, 0.05) is 56.6 Å². The van der Waals surface area contributed by atoms with E-state index in [1.807, 2.05) is 12.1 Å². The lowest BCUT2D eigenvalue weighted by molar-refractivity contribution is -0.886. The summed E-state index contributed by atoms with van der Waals surface area (Å²) in [6.45, 7) is 15.4. The molecule has 0 spiro atoms. The van der Waals surface area contributed by atoms with Crippen LogP contribution in [0.15, 0.2) is 218 Å². The number of hydrogen-bond acceptors (Lipinski definition) is 4. The fourth-order valence-corrected chi connectivity index (χ4v) is 9.20. The molecule has 9 aromatic rings. The molecule has 0 saturated heterocycles. The molecule has 0 amide bonds. The van der Waals surface area contributed by atoms with E-state index < -0.39 is 0 Å². The van der Waals surface area contributed by atoms with Crippen LogP contribution in [0.1, 0.15) is 44.5 Å². The van der Waals surface area contributed by atoms with Gasteiger partial charge in [-0.15, -0.1) is 0 Å². The lowest BCUT2D eigenvalue weighted by Crippen LogP contribution is -3.00. The molecule has 82 heavy (non-hydrogen) atoms. The van der Waals surface area contributed by atoms with E-state index in [2.05, 4.69) is 326 Å². The summed E-state index contributed by atoms with van der Waals surface area (Å²) in [4.78, 5) is 6.95. The Kier molecular flexibility index (Phi) is 25.5. The van der Waals surface area contributed by atoms with Gasteiger partial charge in [-0.2, -0.15) is 0 Å². The van der Waals surface area contributed by atoms with Gasteiger partial charge in [-0.05, 0) is 163 Å². The molecule has 0 unspecified atom stereocenters. The third-order valence-corrected chi connectivity index (χ3v) is 13.2. The van der Waals surface area contributed by atoms with Gasteiger partial charge in [0.25, 0.3) is 0 Å². The quantitative estimate of drug-likeness (QED) is 0.0712. The molecular weight excluding hydrogens is 1200 g/mol. The Hall–Kier alpha value is -6.50. The minimum Gasteiger partial charge on any atom is -1.00 e. The monoisotopic (exact) mass is 1290 g/mol. The summed E-state index contributed by atoms with van der Waals surface area (Å²) in [5, 5.41) is 0. The van der Waals surface area contributed by atoms with Crippen molar-refractivity contribution < 1.29 is 69.1 Å². The standard InChI is InChI=1S/C24H29N2O.2C24H29N2.3BrH/c1-19-6-10-21(11-7-19)25(22-12-8-20(2)9-13-22)23-14-16-24(17-15-23)27-18-26(3,4)5;1-19-6-12-22(13-7-19)25(23-14-8-20(2)9-15-23)24-16-10-21(11-17-24)18-26(3,4)5;1-19-11-14-23(15-12-19)25(22-9-7-6-8-10-22)24-16-13-20(2)17-21(24)18-26(3,4)5;;;/h6-17H,18H2,1-5H3;2*6-17H,18H2,1-5H3;3*1H/q3*+1;;;/p-3. The maximum absolute atomic E-state index is 5.90. The molecule has 0 bridgehead atoms. The number of anilines is 9. The number of para-hydroxylation sites is 1. The molecule has 0 fully saturated rings. The minimum absolute atomic E-state index is 0. The smallest absolute Gasteiger partial charge is 0.223 e. The van der Waals surface area contributed by atoms with Crippen molar-refractivity contribution in [3.05, 3.63) is 263 Å². The van der Waals surface area contributed by atoms with E-state index in [-0.39, 0.29) is 50.9 Å². The van der Waals surface area contributed by atoms with Crippen molar-refractivity contribution in [2.24, 2.45) is 0 Å². The molecule has 7 nitrogen and oxygen atoms in total. The van der Waals surface area contributed by atoms with Crippen molar-refractivity contribution in [3.63, 3.8) is 0 Å². The Morgan fingerprint density at radius 1 is 0.293 bits per heavy atom. The summed E-state index contributed by atoms with van der Waals surface area (Å²) >= 11 is 0. The van der Waals surface area contributed by atoms with Crippen molar-refractivity contribution in [3.8, 4) is 5.75 Å². The maximum atomic E-state index is 5.90. The number of benzene rings is 9. The molecule has 0 aromatic heterocycles. The van der Waals surface area contributed by atoms with E-state index in [1.165, 1.54) is 78.6 Å². The molecule has 0 atom stereocenters. The second-order valence-corrected chi connectivity index (χ2v) is 24.3. The topological polar surface area (TPSA) is 19.0 Å². The molecule has 0 saturated carbocycles. The highest BCUT2D eigenvalue weighted by Gasteiger charge is 2.21. The number of ether oxygens (including phenoxy) is 1. The highest BCUT2D eigenvalue weighted by atomic mass is 79.9. The van der Waals surface area contributed by atoms with Gasteiger partial charge >= 0.3 is 0 Å². The molecule has 432 valence electrons. The van der Waals surface area contributed by atoms with Crippen molar-refractivity contribution in [1.82, 2.24) is 0 Å². The van der Waals surface area contributed by atoms with Gasteiger partial charge in [0.1, 0.15) is 18.8 Å². The summed E-state index contributed by atoms with van der Waals surface area (Å²) in [5.74, 6) is 0.888. The normalized spacial score (nSPS) is 11.0. The van der Waals surface area contributed by atoms with Gasteiger partial charge in [0.15, 0.2) is 0 Å². The molecule has 0 aliphatic rings. The molecule has 0 heterocycles. The number of quaternary nitrogens is 3. The summed E-state index contributed by atoms with van der Waals surface area (Å²) in [7, 11) is 19.7. The molecule has 0 radical (unpaired) electrons. The second-order valence-electron chi connectivity index (χ2n) is 24.3. The Morgan fingerprint density at radius 2 is 0.585 bits per heavy atom. The van der Waals surface area contributed by atoms with E-state index in [1.54, 1.807) is 0 Å². The zero-order chi connectivity index (χ0) is 56.9. The van der Waals surface area contributed by atoms with Crippen LogP contribution < -0.4 is 70.4 Å². The second kappa shape index (κ2) is 30.7. The van der Waals surface area contributed by atoms with Crippen LogP contribution in [0.25, 0.3) is 0 Å². The Morgan fingerprint density at radius 3 is 0.915 bits per heavy atom. The molecule has 9 aromatic carbocycles. The van der Waals surface area contributed by atoms with Crippen LogP contribution in [-0.4, -0.2) is 83.6 Å². The van der Waals surface area contributed by atoms with Crippen LogP contribution in [0.3, 0.4) is 0 Å². The molecule has 9 rings (SSSR count). The summed E-state index contributed by atoms with van der Waals surface area (Å²) in [5.41, 5.74) is 20.9. The summed E-state index contributed by atoms with van der Waals surface area (Å²) in [6, 6.07) is 78.1. The van der Waals surface area contributed by atoms with E-state index in [4.69, 9.17) is 4.74 Å². The predicted molar refractivity (Wildman–Crippen MR) is 339 cm³/mol. The van der Waals surface area contributed by atoms with Crippen LogP contribution in [0.5, 0.6) is 5.75 Å². The largest absolute Gasteiger partial charge is 1.00 e. The number of halogens is 3. The van der Waals surface area contributed by atoms with E-state index in [9.17, 15) is 0 Å². The lowest BCUT2D eigenvalue weighted by atomic mass is 10.1. The van der Waals surface area contributed by atoms with Gasteiger partial charge in [-0.3, -0.25) is 4.48 Å². The van der Waals surface area contributed by atoms with E-state index in [0.29, 0.717) is 6.73 Å². The van der Waals surface area contributed by atoms with Gasteiger partial charge in [0.2, 0.25) is 6.73 Å². The van der Waals surface area contributed by atoms with Crippen molar-refractivity contribution in [2.45, 2.75) is 54.6 Å². The first-order valence-corrected chi connectivity index (χ1v) is 27.6. The highest BCUT2D eigenvalue weighted by Crippen LogP contribution is 2.39. The maximum Gasteiger partial charge on any atom is 0.223 e. The first kappa shape index (κ1) is 68.0. The molecule has 0 aliphatic carbocycles. The van der Waals surface area contributed by atoms with E-state index >= 15 is 0 Å². The minimum atomic E-state index is 0. The van der Waals surface area contributed by atoms with Crippen LogP contribution >= 0.6 is 0 Å². The Labute approximate surface area is 524 Å². The average molecular weight is 1290 g/mol. The van der Waals surface area contributed by atoms with Gasteiger partial charge in [-0.25, -0.2) is 0 Å². The zero-order valence-electron chi connectivity index (χ0n) is 51.1. The van der Waals surface area contributed by atoms with Crippen molar-refractivity contribution >= 4 is 51.2 Å². The van der Waals surface area contributed by atoms with Crippen LogP contribution in [-0.2, 0) is 13.1 Å². The van der Waals surface area contributed by atoms with Crippen LogP contribution in [0.2, 0.25) is 0 Å². The van der Waals surface area contributed by atoms with Crippen LogP contribution in [0.4, 0.5) is 51.2 Å². The molecular formula is C72H87Br3N6O. The summed E-state index contributed by atoms with van der Waals surface area (Å²) in [6.07, 6.45) is 0. The van der Waals surface area contributed by atoms with Gasteiger partial charge in [0.05, 0.1) is 69.1 Å². The molecule has 0 aliphatic heterocycles. The highest BCUT2D eigenvalue weighted by molar-refractivity contribution is 5.80.